The number of para-hydroxylation sites is 1. The molecule has 0 radical (unpaired) electrons. The lowest BCUT2D eigenvalue weighted by molar-refractivity contribution is 0.102. The lowest BCUT2D eigenvalue weighted by Crippen LogP contribution is -2.19. The molecule has 1 amide bonds. The van der Waals surface area contributed by atoms with Gasteiger partial charge >= 0.3 is 0 Å². The second-order valence-corrected chi connectivity index (χ2v) is 10.9. The number of nitrogens with zero attached hydrogens (tertiary/aromatic N) is 2. The van der Waals surface area contributed by atoms with Crippen LogP contribution in [0.3, 0.4) is 0 Å². The fraction of sp³-hybridized carbons (Fsp3) is 0.393. The van der Waals surface area contributed by atoms with Crippen LogP contribution in [0.2, 0.25) is 0 Å². The Morgan fingerprint density at radius 2 is 1.60 bits per heavy atom. The van der Waals surface area contributed by atoms with E-state index in [9.17, 15) is 4.79 Å². The Bertz CT molecular complexity index is 1290. The standard InChI is InChI=1S/C28H35N5OS/c1-16(2)20-13-22(17(3)4)25(23(14-20)18(5)6)26(34)31-28-33-32-27(35-28)29-12-11-19-15-30-24-10-8-7-9-21(19)24/h7-10,13-18,30H,11-12H2,1-6H3,(H,29,32)(H,31,33,34). The highest BCUT2D eigenvalue weighted by Gasteiger charge is 2.23. The first-order valence-electron chi connectivity index (χ1n) is 12.4. The van der Waals surface area contributed by atoms with Crippen LogP contribution in [0, 0.1) is 0 Å². The van der Waals surface area contributed by atoms with E-state index in [-0.39, 0.29) is 17.7 Å². The third-order valence-electron chi connectivity index (χ3n) is 6.35. The molecule has 4 rings (SSSR count). The number of carbonyl (C=O) groups is 1. The number of anilines is 2. The predicted molar refractivity (Wildman–Crippen MR) is 147 cm³/mol. The predicted octanol–water partition coefficient (Wildman–Crippen LogP) is 7.30. The Hall–Kier alpha value is -3.19. The van der Waals surface area contributed by atoms with E-state index < -0.39 is 0 Å². The van der Waals surface area contributed by atoms with Crippen LogP contribution in [0.25, 0.3) is 10.9 Å². The molecule has 0 aliphatic heterocycles. The van der Waals surface area contributed by atoms with Gasteiger partial charge in [-0.15, -0.1) is 10.2 Å². The van der Waals surface area contributed by atoms with Gasteiger partial charge < -0.3 is 10.3 Å². The van der Waals surface area contributed by atoms with Gasteiger partial charge in [0.2, 0.25) is 10.3 Å². The molecule has 184 valence electrons. The molecule has 0 fully saturated rings. The molecule has 0 unspecified atom stereocenters. The maximum Gasteiger partial charge on any atom is 0.258 e. The van der Waals surface area contributed by atoms with Crippen LogP contribution in [0.5, 0.6) is 0 Å². The molecule has 0 saturated carbocycles. The van der Waals surface area contributed by atoms with Gasteiger partial charge in [0.25, 0.3) is 5.91 Å². The minimum absolute atomic E-state index is 0.116. The van der Waals surface area contributed by atoms with Gasteiger partial charge in [0.1, 0.15) is 0 Å². The second-order valence-electron chi connectivity index (χ2n) is 9.94. The number of H-pyrrole nitrogens is 1. The Balaban J connectivity index is 1.47. The van der Waals surface area contributed by atoms with E-state index in [1.807, 2.05) is 6.07 Å². The average molecular weight is 490 g/mol. The first kappa shape index (κ1) is 24.9. The molecule has 2 heterocycles. The maximum atomic E-state index is 13.5. The summed E-state index contributed by atoms with van der Waals surface area (Å²) >= 11 is 1.36. The van der Waals surface area contributed by atoms with E-state index >= 15 is 0 Å². The summed E-state index contributed by atoms with van der Waals surface area (Å²) in [6.07, 6.45) is 2.92. The summed E-state index contributed by atoms with van der Waals surface area (Å²) in [6, 6.07) is 12.7. The van der Waals surface area contributed by atoms with Crippen LogP contribution in [0.15, 0.2) is 42.6 Å². The summed E-state index contributed by atoms with van der Waals surface area (Å²) < 4.78 is 0. The van der Waals surface area contributed by atoms with Crippen molar-refractivity contribution in [2.45, 2.75) is 65.7 Å². The van der Waals surface area contributed by atoms with Gasteiger partial charge in [-0.05, 0) is 52.5 Å². The lowest BCUT2D eigenvalue weighted by Gasteiger charge is -2.22. The van der Waals surface area contributed by atoms with E-state index in [4.69, 9.17) is 0 Å². The zero-order chi connectivity index (χ0) is 25.1. The first-order chi connectivity index (χ1) is 16.7. The minimum atomic E-state index is -0.116. The minimum Gasteiger partial charge on any atom is -0.361 e. The number of rotatable bonds is 9. The van der Waals surface area contributed by atoms with Gasteiger partial charge in [-0.1, -0.05) is 83.2 Å². The van der Waals surface area contributed by atoms with Gasteiger partial charge in [0.15, 0.2) is 0 Å². The van der Waals surface area contributed by atoms with Crippen molar-refractivity contribution in [3.8, 4) is 0 Å². The molecule has 0 bridgehead atoms. The summed E-state index contributed by atoms with van der Waals surface area (Å²) in [5.74, 6) is 0.767. The highest BCUT2D eigenvalue weighted by molar-refractivity contribution is 7.19. The SMILES string of the molecule is CC(C)c1cc(C(C)C)c(C(=O)Nc2nnc(NCCc3c[nH]c4ccccc34)s2)c(C(C)C)c1. The van der Waals surface area contributed by atoms with Crippen LogP contribution in [0.1, 0.15) is 91.9 Å². The molecular formula is C28H35N5OS. The molecule has 0 spiro atoms. The summed E-state index contributed by atoms with van der Waals surface area (Å²) in [5.41, 5.74) is 6.61. The van der Waals surface area contributed by atoms with Crippen molar-refractivity contribution in [2.75, 3.05) is 17.2 Å². The van der Waals surface area contributed by atoms with Gasteiger partial charge in [-0.2, -0.15) is 0 Å². The van der Waals surface area contributed by atoms with Crippen molar-refractivity contribution in [3.05, 3.63) is 70.4 Å². The second kappa shape index (κ2) is 10.6. The molecule has 2 aromatic heterocycles. The third kappa shape index (κ3) is 5.56. The summed E-state index contributed by atoms with van der Waals surface area (Å²) in [4.78, 5) is 16.8. The van der Waals surface area contributed by atoms with Crippen LogP contribution in [-0.2, 0) is 6.42 Å². The Morgan fingerprint density at radius 1 is 0.943 bits per heavy atom. The van der Waals surface area contributed by atoms with Crippen molar-refractivity contribution < 1.29 is 4.79 Å². The molecule has 0 aliphatic rings. The molecule has 4 aromatic rings. The zero-order valence-corrected chi connectivity index (χ0v) is 22.2. The largest absolute Gasteiger partial charge is 0.361 e. The number of aromatic nitrogens is 3. The number of hydrogen-bond donors (Lipinski definition) is 3. The van der Waals surface area contributed by atoms with Gasteiger partial charge in [0.05, 0.1) is 0 Å². The van der Waals surface area contributed by atoms with Gasteiger partial charge in [-0.3, -0.25) is 10.1 Å². The highest BCUT2D eigenvalue weighted by Crippen LogP contribution is 2.33. The normalized spacial score (nSPS) is 11.7. The molecule has 2 aromatic carbocycles. The molecule has 7 heteroatoms. The number of carbonyl (C=O) groups excluding carboxylic acids is 1. The topological polar surface area (TPSA) is 82.7 Å². The molecule has 35 heavy (non-hydrogen) atoms. The fourth-order valence-corrected chi connectivity index (χ4v) is 5.03. The van der Waals surface area contributed by atoms with E-state index in [2.05, 4.69) is 104 Å². The van der Waals surface area contributed by atoms with Crippen molar-refractivity contribution >= 4 is 38.4 Å². The Morgan fingerprint density at radius 3 is 2.26 bits per heavy atom. The van der Waals surface area contributed by atoms with Gasteiger partial charge in [0, 0.05) is 29.2 Å². The first-order valence-corrected chi connectivity index (χ1v) is 13.2. The summed E-state index contributed by atoms with van der Waals surface area (Å²) in [6.45, 7) is 13.7. The summed E-state index contributed by atoms with van der Waals surface area (Å²) in [5, 5.41) is 17.2. The van der Waals surface area contributed by atoms with E-state index in [0.29, 0.717) is 16.2 Å². The highest BCUT2D eigenvalue weighted by atomic mass is 32.1. The number of benzene rings is 2. The fourth-order valence-electron chi connectivity index (χ4n) is 4.37. The number of fused-ring (bicyclic) bond motifs is 1. The smallest absolute Gasteiger partial charge is 0.258 e. The molecular weight excluding hydrogens is 454 g/mol. The van der Waals surface area contributed by atoms with Crippen LogP contribution >= 0.6 is 11.3 Å². The monoisotopic (exact) mass is 489 g/mol. The Kier molecular flexibility index (Phi) is 7.55. The molecule has 0 atom stereocenters. The number of aromatic amines is 1. The average Bonchev–Trinajstić information content (AvgIpc) is 3.45. The number of hydrogen-bond acceptors (Lipinski definition) is 5. The van der Waals surface area contributed by atoms with Crippen molar-refractivity contribution in [1.29, 1.82) is 0 Å². The van der Waals surface area contributed by atoms with Crippen LogP contribution in [-0.4, -0.2) is 27.6 Å². The third-order valence-corrected chi connectivity index (χ3v) is 7.15. The Labute approximate surface area is 211 Å². The molecule has 3 N–H and O–H groups in total. The van der Waals surface area contributed by atoms with Crippen molar-refractivity contribution in [1.82, 2.24) is 15.2 Å². The van der Waals surface area contributed by atoms with E-state index in [1.165, 1.54) is 27.8 Å². The summed E-state index contributed by atoms with van der Waals surface area (Å²) in [7, 11) is 0. The van der Waals surface area contributed by atoms with E-state index in [0.717, 1.165) is 35.2 Å². The molecule has 0 aliphatic carbocycles. The van der Waals surface area contributed by atoms with Gasteiger partial charge in [-0.25, -0.2) is 0 Å². The van der Waals surface area contributed by atoms with Crippen LogP contribution < -0.4 is 10.6 Å². The zero-order valence-electron chi connectivity index (χ0n) is 21.4. The number of nitrogens with one attached hydrogen (secondary N) is 3. The molecule has 0 saturated heterocycles. The number of amides is 1. The lowest BCUT2D eigenvalue weighted by atomic mass is 9.84. The van der Waals surface area contributed by atoms with Crippen LogP contribution in [0.4, 0.5) is 10.3 Å². The quantitative estimate of drug-likeness (QED) is 0.230. The molecule has 6 nitrogen and oxygen atoms in total. The van der Waals surface area contributed by atoms with E-state index in [1.54, 1.807) is 0 Å². The maximum absolute atomic E-state index is 13.5. The van der Waals surface area contributed by atoms with Crippen molar-refractivity contribution in [2.24, 2.45) is 0 Å². The van der Waals surface area contributed by atoms with Crippen molar-refractivity contribution in [3.63, 3.8) is 0 Å².